The van der Waals surface area contributed by atoms with Crippen LogP contribution in [0.1, 0.15) is 37.0 Å². The van der Waals surface area contributed by atoms with Crippen molar-refractivity contribution in [3.05, 3.63) is 29.8 Å². The van der Waals surface area contributed by atoms with Crippen molar-refractivity contribution in [2.24, 2.45) is 0 Å². The molecular formula is C12H16ClFN2O. The number of hydrogen-bond donors (Lipinski definition) is 1. The molecule has 0 saturated heterocycles. The van der Waals surface area contributed by atoms with E-state index in [1.807, 2.05) is 13.8 Å². The van der Waals surface area contributed by atoms with Crippen LogP contribution in [0.15, 0.2) is 18.5 Å². The lowest BCUT2D eigenvalue weighted by Crippen LogP contribution is -2.49. The molecule has 0 atom stereocenters. The Morgan fingerprint density at radius 3 is 2.65 bits per heavy atom. The highest BCUT2D eigenvalue weighted by atomic mass is 35.5. The van der Waals surface area contributed by atoms with Gasteiger partial charge in [0.2, 0.25) is 0 Å². The van der Waals surface area contributed by atoms with E-state index >= 15 is 0 Å². The van der Waals surface area contributed by atoms with Gasteiger partial charge in [-0.15, -0.1) is 11.6 Å². The van der Waals surface area contributed by atoms with E-state index < -0.39 is 17.3 Å². The number of hydrogen-bond acceptors (Lipinski definition) is 2. The van der Waals surface area contributed by atoms with Crippen LogP contribution >= 0.6 is 11.6 Å². The van der Waals surface area contributed by atoms with Crippen LogP contribution in [-0.4, -0.2) is 22.3 Å². The molecule has 5 heteroatoms. The van der Waals surface area contributed by atoms with E-state index in [2.05, 4.69) is 10.3 Å². The van der Waals surface area contributed by atoms with Crippen LogP contribution in [0.2, 0.25) is 0 Å². The number of carbonyl (C=O) groups excluding carboxylic acids is 1. The van der Waals surface area contributed by atoms with Crippen LogP contribution in [0.4, 0.5) is 4.39 Å². The molecule has 1 N–H and O–H groups in total. The Bertz CT molecular complexity index is 386. The second kappa shape index (κ2) is 5.96. The van der Waals surface area contributed by atoms with Gasteiger partial charge in [0, 0.05) is 12.1 Å². The van der Waals surface area contributed by atoms with E-state index in [-0.39, 0.29) is 5.56 Å². The van der Waals surface area contributed by atoms with Crippen molar-refractivity contribution in [1.82, 2.24) is 10.3 Å². The number of carbonyl (C=O) groups is 1. The maximum atomic E-state index is 13.4. The largest absolute Gasteiger partial charge is 0.345 e. The van der Waals surface area contributed by atoms with Gasteiger partial charge in [-0.1, -0.05) is 13.8 Å². The maximum absolute atomic E-state index is 13.4. The normalized spacial score (nSPS) is 11.3. The van der Waals surface area contributed by atoms with E-state index in [9.17, 15) is 9.18 Å². The van der Waals surface area contributed by atoms with Crippen LogP contribution < -0.4 is 5.32 Å². The molecule has 94 valence electrons. The smallest absolute Gasteiger partial charge is 0.254 e. The standard InChI is InChI=1S/C12H16ClFN2O/c1-3-12(4-2,8-13)16-11(17)9-5-6-15-7-10(9)14/h5-7H,3-4,8H2,1-2H3,(H,16,17). The van der Waals surface area contributed by atoms with Gasteiger partial charge in [-0.2, -0.15) is 0 Å². The van der Waals surface area contributed by atoms with E-state index in [1.165, 1.54) is 12.3 Å². The summed E-state index contributed by atoms with van der Waals surface area (Å²) in [6.07, 6.45) is 3.81. The fourth-order valence-corrected chi connectivity index (χ4v) is 1.96. The molecule has 0 radical (unpaired) electrons. The molecule has 0 spiro atoms. The minimum absolute atomic E-state index is 0.00334. The molecule has 0 fully saturated rings. The maximum Gasteiger partial charge on any atom is 0.254 e. The molecule has 1 heterocycles. The number of amides is 1. The molecular weight excluding hydrogens is 243 g/mol. The number of nitrogens with zero attached hydrogens (tertiary/aromatic N) is 1. The van der Waals surface area contributed by atoms with Crippen molar-refractivity contribution >= 4 is 17.5 Å². The molecule has 0 bridgehead atoms. The second-order valence-corrected chi connectivity index (χ2v) is 4.20. The summed E-state index contributed by atoms with van der Waals surface area (Å²) in [6, 6.07) is 1.36. The minimum Gasteiger partial charge on any atom is -0.345 e. The lowest BCUT2D eigenvalue weighted by molar-refractivity contribution is 0.0898. The number of rotatable bonds is 5. The highest BCUT2D eigenvalue weighted by Crippen LogP contribution is 2.18. The molecule has 1 aromatic rings. The third kappa shape index (κ3) is 3.16. The first-order valence-corrected chi connectivity index (χ1v) is 6.10. The monoisotopic (exact) mass is 258 g/mol. The van der Waals surface area contributed by atoms with Crippen LogP contribution in [0, 0.1) is 5.82 Å². The summed E-state index contributed by atoms with van der Waals surface area (Å²) in [4.78, 5) is 15.5. The zero-order chi connectivity index (χ0) is 12.9. The zero-order valence-corrected chi connectivity index (χ0v) is 10.7. The summed E-state index contributed by atoms with van der Waals surface area (Å²) in [5.74, 6) is -0.770. The topological polar surface area (TPSA) is 42.0 Å². The van der Waals surface area contributed by atoms with Crippen molar-refractivity contribution in [1.29, 1.82) is 0 Å². The first-order chi connectivity index (χ1) is 8.08. The predicted molar refractivity (Wildman–Crippen MR) is 65.7 cm³/mol. The molecule has 3 nitrogen and oxygen atoms in total. The lowest BCUT2D eigenvalue weighted by Gasteiger charge is -2.30. The molecule has 1 rings (SSSR count). The first-order valence-electron chi connectivity index (χ1n) is 5.56. The third-order valence-corrected chi connectivity index (χ3v) is 3.52. The van der Waals surface area contributed by atoms with Gasteiger partial charge in [0.15, 0.2) is 5.82 Å². The van der Waals surface area contributed by atoms with Gasteiger partial charge in [0.1, 0.15) is 0 Å². The van der Waals surface area contributed by atoms with E-state index in [0.29, 0.717) is 18.7 Å². The average Bonchev–Trinajstić information content (AvgIpc) is 2.36. The Morgan fingerprint density at radius 1 is 1.53 bits per heavy atom. The molecule has 0 unspecified atom stereocenters. The van der Waals surface area contributed by atoms with Crippen molar-refractivity contribution in [3.8, 4) is 0 Å². The van der Waals surface area contributed by atoms with Crippen LogP contribution in [-0.2, 0) is 0 Å². The molecule has 1 aromatic heterocycles. The van der Waals surface area contributed by atoms with Gasteiger partial charge in [0.25, 0.3) is 5.91 Å². The van der Waals surface area contributed by atoms with Crippen LogP contribution in [0.25, 0.3) is 0 Å². The van der Waals surface area contributed by atoms with E-state index in [1.54, 1.807) is 0 Å². The van der Waals surface area contributed by atoms with Crippen molar-refractivity contribution in [2.45, 2.75) is 32.2 Å². The summed E-state index contributed by atoms with van der Waals surface area (Å²) < 4.78 is 13.4. The number of aromatic nitrogens is 1. The highest BCUT2D eigenvalue weighted by Gasteiger charge is 2.28. The van der Waals surface area contributed by atoms with Gasteiger partial charge < -0.3 is 5.32 Å². The van der Waals surface area contributed by atoms with Crippen molar-refractivity contribution < 1.29 is 9.18 Å². The first kappa shape index (κ1) is 13.9. The second-order valence-electron chi connectivity index (χ2n) is 3.93. The summed E-state index contributed by atoms with van der Waals surface area (Å²) in [5.41, 5.74) is -0.481. The third-order valence-electron chi connectivity index (χ3n) is 3.01. The average molecular weight is 259 g/mol. The van der Waals surface area contributed by atoms with Gasteiger partial charge in [-0.05, 0) is 18.9 Å². The molecule has 0 aliphatic rings. The predicted octanol–water partition coefficient (Wildman–Crippen LogP) is 2.75. The summed E-state index contributed by atoms with van der Waals surface area (Å²) >= 11 is 5.88. The lowest BCUT2D eigenvalue weighted by atomic mass is 9.95. The summed E-state index contributed by atoms with van der Waals surface area (Å²) in [6.45, 7) is 3.88. The van der Waals surface area contributed by atoms with Gasteiger partial charge in [0.05, 0.1) is 17.3 Å². The Morgan fingerprint density at radius 2 is 2.18 bits per heavy atom. The number of alkyl halides is 1. The molecule has 0 aliphatic heterocycles. The fraction of sp³-hybridized carbons (Fsp3) is 0.500. The number of pyridine rings is 1. The van der Waals surface area contributed by atoms with E-state index in [0.717, 1.165) is 6.20 Å². The Kier molecular flexibility index (Phi) is 4.87. The molecule has 0 saturated carbocycles. The van der Waals surface area contributed by atoms with Gasteiger partial charge in [-0.25, -0.2) is 4.39 Å². The van der Waals surface area contributed by atoms with Crippen LogP contribution in [0.5, 0.6) is 0 Å². The molecule has 17 heavy (non-hydrogen) atoms. The molecule has 1 amide bonds. The Labute approximate surface area is 105 Å². The van der Waals surface area contributed by atoms with Crippen molar-refractivity contribution in [3.63, 3.8) is 0 Å². The Hall–Kier alpha value is -1.16. The SMILES string of the molecule is CCC(CC)(CCl)NC(=O)c1ccncc1F. The Balaban J connectivity index is 2.89. The van der Waals surface area contributed by atoms with E-state index in [4.69, 9.17) is 11.6 Å². The zero-order valence-electron chi connectivity index (χ0n) is 9.96. The minimum atomic E-state index is -0.624. The highest BCUT2D eigenvalue weighted by molar-refractivity contribution is 6.18. The fourth-order valence-electron chi connectivity index (χ4n) is 1.52. The quantitative estimate of drug-likeness (QED) is 0.825. The van der Waals surface area contributed by atoms with Crippen LogP contribution in [0.3, 0.4) is 0 Å². The van der Waals surface area contributed by atoms with Crippen molar-refractivity contribution in [2.75, 3.05) is 5.88 Å². The summed E-state index contributed by atoms with van der Waals surface area (Å²) in [7, 11) is 0. The molecule has 0 aliphatic carbocycles. The van der Waals surface area contributed by atoms with Gasteiger partial charge >= 0.3 is 0 Å². The number of nitrogens with one attached hydrogen (secondary N) is 1. The van der Waals surface area contributed by atoms with Gasteiger partial charge in [-0.3, -0.25) is 9.78 Å². The number of halogens is 2. The molecule has 0 aromatic carbocycles. The summed E-state index contributed by atoms with van der Waals surface area (Å²) in [5, 5.41) is 2.80.